The van der Waals surface area contributed by atoms with Crippen LogP contribution in [0.5, 0.6) is 0 Å². The lowest BCUT2D eigenvalue weighted by atomic mass is 9.67. The molecule has 1 N–H and O–H groups in total. The molecule has 2 heterocycles. The van der Waals surface area contributed by atoms with Gasteiger partial charge in [-0.1, -0.05) is 12.1 Å². The first-order chi connectivity index (χ1) is 12.5. The topological polar surface area (TPSA) is 41.3 Å². The maximum Gasteiger partial charge on any atom is 0.123 e. The van der Waals surface area contributed by atoms with Gasteiger partial charge in [-0.25, -0.2) is 4.39 Å². The molecule has 0 spiro atoms. The van der Waals surface area contributed by atoms with E-state index in [1.54, 1.807) is 12.1 Å². The number of fused-ring (bicyclic) bond motifs is 1. The summed E-state index contributed by atoms with van der Waals surface area (Å²) in [7, 11) is 0. The number of hydrogen-bond acceptors (Lipinski definition) is 3. The average Bonchev–Trinajstić information content (AvgIpc) is 3.20. The fourth-order valence-electron chi connectivity index (χ4n) is 5.04. The van der Waals surface area contributed by atoms with Crippen LogP contribution in [0.15, 0.2) is 30.5 Å². The van der Waals surface area contributed by atoms with Crippen molar-refractivity contribution in [1.82, 2.24) is 14.7 Å². The van der Waals surface area contributed by atoms with Gasteiger partial charge in [-0.15, -0.1) is 0 Å². The number of rotatable bonds is 4. The van der Waals surface area contributed by atoms with Crippen LogP contribution in [-0.4, -0.2) is 32.9 Å². The van der Waals surface area contributed by atoms with Gasteiger partial charge in [-0.05, 0) is 56.7 Å². The highest BCUT2D eigenvalue weighted by Gasteiger charge is 2.49. The predicted octanol–water partition coefficient (Wildman–Crippen LogP) is 3.47. The van der Waals surface area contributed by atoms with Gasteiger partial charge in [0.25, 0.3) is 0 Å². The van der Waals surface area contributed by atoms with Gasteiger partial charge in [0.1, 0.15) is 5.82 Å². The summed E-state index contributed by atoms with van der Waals surface area (Å²) in [4.78, 5) is 2.46. The third-order valence-corrected chi connectivity index (χ3v) is 6.51. The maximum atomic E-state index is 13.3. The Balaban J connectivity index is 1.54. The first-order valence-corrected chi connectivity index (χ1v) is 9.73. The van der Waals surface area contributed by atoms with Crippen molar-refractivity contribution in [3.05, 3.63) is 53.1 Å². The first-order valence-electron chi connectivity index (χ1n) is 9.73. The van der Waals surface area contributed by atoms with Crippen LogP contribution in [0.4, 0.5) is 4.39 Å². The fraction of sp³-hybridized carbons (Fsp3) is 0.571. The lowest BCUT2D eigenvalue weighted by Gasteiger charge is -2.41. The van der Waals surface area contributed by atoms with Crippen molar-refractivity contribution in [3.63, 3.8) is 0 Å². The monoisotopic (exact) mass is 357 g/mol. The highest BCUT2D eigenvalue weighted by atomic mass is 19.1. The summed E-state index contributed by atoms with van der Waals surface area (Å²) in [6.45, 7) is 7.92. The van der Waals surface area contributed by atoms with Gasteiger partial charge in [0.2, 0.25) is 0 Å². The lowest BCUT2D eigenvalue weighted by molar-refractivity contribution is -0.0648. The van der Waals surface area contributed by atoms with E-state index in [4.69, 9.17) is 0 Å². The zero-order valence-corrected chi connectivity index (χ0v) is 15.7. The summed E-state index contributed by atoms with van der Waals surface area (Å²) in [5.41, 5.74) is 2.53. The van der Waals surface area contributed by atoms with Crippen LogP contribution in [0, 0.1) is 24.6 Å². The minimum atomic E-state index is -0.839. The molecular weight excluding hydrogens is 329 g/mol. The van der Waals surface area contributed by atoms with Gasteiger partial charge in [0.05, 0.1) is 11.8 Å². The molecule has 0 amide bonds. The molecule has 26 heavy (non-hydrogen) atoms. The minimum Gasteiger partial charge on any atom is -0.385 e. The first kappa shape index (κ1) is 17.7. The van der Waals surface area contributed by atoms with Crippen LogP contribution in [0.1, 0.15) is 43.0 Å². The molecule has 0 bridgehead atoms. The van der Waals surface area contributed by atoms with Gasteiger partial charge in [-0.3, -0.25) is 9.58 Å². The van der Waals surface area contributed by atoms with Gasteiger partial charge >= 0.3 is 0 Å². The summed E-state index contributed by atoms with van der Waals surface area (Å²) in [5.74, 6) is 0.463. The third kappa shape index (κ3) is 2.97. The highest BCUT2D eigenvalue weighted by molar-refractivity contribution is 5.26. The predicted molar refractivity (Wildman–Crippen MR) is 99.0 cm³/mol. The molecule has 1 aliphatic heterocycles. The van der Waals surface area contributed by atoms with Crippen molar-refractivity contribution in [1.29, 1.82) is 0 Å². The molecule has 1 aromatic carbocycles. The summed E-state index contributed by atoms with van der Waals surface area (Å²) in [5, 5.41) is 16.0. The molecule has 0 unspecified atom stereocenters. The Morgan fingerprint density at radius 1 is 1.27 bits per heavy atom. The van der Waals surface area contributed by atoms with E-state index in [1.165, 1.54) is 23.4 Å². The summed E-state index contributed by atoms with van der Waals surface area (Å²) < 4.78 is 15.4. The molecule has 0 radical (unpaired) electrons. The van der Waals surface area contributed by atoms with E-state index in [1.807, 2.05) is 10.9 Å². The second-order valence-corrected chi connectivity index (χ2v) is 7.96. The largest absolute Gasteiger partial charge is 0.385 e. The van der Waals surface area contributed by atoms with Gasteiger partial charge in [0, 0.05) is 43.4 Å². The van der Waals surface area contributed by atoms with Crippen molar-refractivity contribution < 1.29 is 9.50 Å². The van der Waals surface area contributed by atoms with E-state index in [-0.39, 0.29) is 11.7 Å². The number of nitrogens with zero attached hydrogens (tertiary/aromatic N) is 3. The Kier molecular flexibility index (Phi) is 4.61. The summed E-state index contributed by atoms with van der Waals surface area (Å²) >= 11 is 0. The molecular formula is C21H28FN3O. The number of benzene rings is 1. The summed E-state index contributed by atoms with van der Waals surface area (Å²) in [6.07, 6.45) is 4.93. The highest BCUT2D eigenvalue weighted by Crippen LogP contribution is 2.48. The second-order valence-electron chi connectivity index (χ2n) is 7.96. The SMILES string of the molecule is CCn1ncc(CN2C[C@@H]3CCC[C@@](O)(c4ccc(F)cc4)[C@H]3C2)c1C. The Labute approximate surface area is 154 Å². The van der Waals surface area contributed by atoms with Crippen molar-refractivity contribution in [3.8, 4) is 0 Å². The van der Waals surface area contributed by atoms with E-state index < -0.39 is 5.60 Å². The molecule has 1 saturated heterocycles. The van der Waals surface area contributed by atoms with Gasteiger partial charge < -0.3 is 5.11 Å². The number of likely N-dealkylation sites (tertiary alicyclic amines) is 1. The quantitative estimate of drug-likeness (QED) is 0.911. The number of halogens is 1. The van der Waals surface area contributed by atoms with E-state index in [9.17, 15) is 9.50 Å². The minimum absolute atomic E-state index is 0.211. The molecule has 5 heteroatoms. The third-order valence-electron chi connectivity index (χ3n) is 6.51. The molecule has 4 nitrogen and oxygen atoms in total. The van der Waals surface area contributed by atoms with Crippen molar-refractivity contribution in [2.75, 3.05) is 13.1 Å². The molecule has 1 saturated carbocycles. The van der Waals surface area contributed by atoms with Gasteiger partial charge in [-0.2, -0.15) is 5.10 Å². The standard InChI is InChI=1S/C21H28FN3O/c1-3-25-15(2)17(11-23-25)13-24-12-16-5-4-10-21(26,20(16)14-24)18-6-8-19(22)9-7-18/h6-9,11,16,20,26H,3-5,10,12-14H2,1-2H3/t16-,20-,21+/m0/s1. The molecule has 4 rings (SSSR count). The van der Waals surface area contributed by atoms with Gasteiger partial charge in [0.15, 0.2) is 0 Å². The molecule has 2 aliphatic rings. The van der Waals surface area contributed by atoms with Crippen LogP contribution in [0.3, 0.4) is 0 Å². The van der Waals surface area contributed by atoms with Crippen LogP contribution < -0.4 is 0 Å². The van der Waals surface area contributed by atoms with Crippen LogP contribution in [0.2, 0.25) is 0 Å². The molecule has 140 valence electrons. The number of aliphatic hydroxyl groups is 1. The average molecular weight is 357 g/mol. The Morgan fingerprint density at radius 2 is 2.04 bits per heavy atom. The number of aryl methyl sites for hydroxylation is 1. The second kappa shape index (κ2) is 6.78. The maximum absolute atomic E-state index is 13.3. The zero-order valence-electron chi connectivity index (χ0n) is 15.7. The van der Waals surface area contributed by atoms with Crippen molar-refractivity contribution in [2.24, 2.45) is 11.8 Å². The van der Waals surface area contributed by atoms with E-state index >= 15 is 0 Å². The zero-order chi connectivity index (χ0) is 18.3. The Hall–Kier alpha value is -1.72. The Morgan fingerprint density at radius 3 is 2.73 bits per heavy atom. The van der Waals surface area contributed by atoms with Crippen LogP contribution in [0.25, 0.3) is 0 Å². The van der Waals surface area contributed by atoms with E-state index in [2.05, 4.69) is 23.8 Å². The van der Waals surface area contributed by atoms with Crippen LogP contribution in [-0.2, 0) is 18.7 Å². The molecule has 3 atom stereocenters. The molecule has 2 aromatic rings. The van der Waals surface area contributed by atoms with Crippen LogP contribution >= 0.6 is 0 Å². The molecule has 1 aromatic heterocycles. The van der Waals surface area contributed by atoms with Crippen molar-refractivity contribution in [2.45, 2.75) is 51.8 Å². The fourth-order valence-corrected chi connectivity index (χ4v) is 5.04. The normalized spacial score (nSPS) is 29.1. The lowest BCUT2D eigenvalue weighted by Crippen LogP contribution is -2.42. The summed E-state index contributed by atoms with van der Waals surface area (Å²) in [6, 6.07) is 6.45. The smallest absolute Gasteiger partial charge is 0.123 e. The molecule has 2 fully saturated rings. The Bertz CT molecular complexity index is 772. The van der Waals surface area contributed by atoms with E-state index in [0.29, 0.717) is 5.92 Å². The van der Waals surface area contributed by atoms with E-state index in [0.717, 1.165) is 51.0 Å². The number of hydrogen-bond donors (Lipinski definition) is 1. The molecule has 1 aliphatic carbocycles. The van der Waals surface area contributed by atoms with Crippen molar-refractivity contribution >= 4 is 0 Å². The number of aromatic nitrogens is 2.